The SMILES string of the molecule is [2H]c1c([2H])c([2H])c(-c2ccc(N(c3ccc4c(c3)C(C)(C)c3ccccc3-4)c3ccc4c(c3)C(C)(C)c3ccccc3-4)c3oc4c5ccccc5c5ccccc5c4c23)c([2H])c1[2H]. The molecule has 1 aromatic heterocycles. The highest BCUT2D eigenvalue weighted by Crippen LogP contribution is 2.55. The van der Waals surface area contributed by atoms with Crippen LogP contribution in [0.5, 0.6) is 0 Å². The van der Waals surface area contributed by atoms with Crippen LogP contribution in [0.15, 0.2) is 180 Å². The van der Waals surface area contributed by atoms with Crippen LogP contribution in [0.2, 0.25) is 0 Å². The second-order valence-electron chi connectivity index (χ2n) is 16.9. The lowest BCUT2D eigenvalue weighted by Gasteiger charge is -2.30. The lowest BCUT2D eigenvalue weighted by molar-refractivity contribution is 0.660. The molecule has 276 valence electrons. The lowest BCUT2D eigenvalue weighted by Crippen LogP contribution is -2.18. The highest BCUT2D eigenvalue weighted by molar-refractivity contribution is 6.33. The van der Waals surface area contributed by atoms with E-state index in [0.717, 1.165) is 44.0 Å². The zero-order valence-electron chi connectivity index (χ0n) is 37.7. The number of nitrogens with zero attached hydrogens (tertiary/aromatic N) is 1. The summed E-state index contributed by atoms with van der Waals surface area (Å²) in [4.78, 5) is 2.29. The molecule has 0 N–H and O–H groups in total. The second-order valence-corrected chi connectivity index (χ2v) is 16.9. The quantitative estimate of drug-likeness (QED) is 0.167. The molecular formula is C56H41NO. The van der Waals surface area contributed by atoms with Crippen LogP contribution in [-0.2, 0) is 10.8 Å². The summed E-state index contributed by atoms with van der Waals surface area (Å²) >= 11 is 0. The van der Waals surface area contributed by atoms with Crippen molar-refractivity contribution in [2.24, 2.45) is 0 Å². The van der Waals surface area contributed by atoms with Gasteiger partial charge in [-0.15, -0.1) is 0 Å². The number of anilines is 3. The molecule has 2 aliphatic rings. The Morgan fingerprint density at radius 1 is 0.431 bits per heavy atom. The zero-order chi connectivity index (χ0) is 43.3. The second kappa shape index (κ2) is 11.8. The van der Waals surface area contributed by atoms with Gasteiger partial charge in [0.2, 0.25) is 0 Å². The highest BCUT2D eigenvalue weighted by Gasteiger charge is 2.38. The molecule has 0 amide bonds. The summed E-state index contributed by atoms with van der Waals surface area (Å²) < 4.78 is 51.7. The molecule has 0 unspecified atom stereocenters. The van der Waals surface area contributed by atoms with E-state index in [4.69, 9.17) is 8.53 Å². The minimum absolute atomic E-state index is 0.137. The van der Waals surface area contributed by atoms with Gasteiger partial charge in [-0.25, -0.2) is 0 Å². The minimum atomic E-state index is -0.426. The summed E-state index contributed by atoms with van der Waals surface area (Å²) in [6.07, 6.45) is 0. The van der Waals surface area contributed by atoms with Crippen LogP contribution < -0.4 is 4.90 Å². The van der Waals surface area contributed by atoms with Gasteiger partial charge in [-0.3, -0.25) is 0 Å². The molecule has 0 aliphatic heterocycles. The molecular weight excluding hydrogens is 703 g/mol. The van der Waals surface area contributed by atoms with Crippen LogP contribution in [-0.4, -0.2) is 0 Å². The Morgan fingerprint density at radius 3 is 1.52 bits per heavy atom. The number of furan rings is 1. The van der Waals surface area contributed by atoms with Crippen LogP contribution in [0.1, 0.15) is 56.8 Å². The van der Waals surface area contributed by atoms with Crippen molar-refractivity contribution in [3.8, 4) is 33.4 Å². The summed E-state index contributed by atoms with van der Waals surface area (Å²) in [5.41, 5.74) is 14.0. The number of hydrogen-bond donors (Lipinski definition) is 0. The van der Waals surface area contributed by atoms with Crippen LogP contribution >= 0.6 is 0 Å². The molecule has 10 aromatic rings. The summed E-state index contributed by atoms with van der Waals surface area (Å²) in [7, 11) is 0. The first-order valence-electron chi connectivity index (χ1n) is 22.5. The van der Waals surface area contributed by atoms with Crippen LogP contribution in [0.25, 0.3) is 76.9 Å². The Kier molecular flexibility index (Phi) is 5.80. The first-order valence-corrected chi connectivity index (χ1v) is 20.0. The first-order chi connectivity index (χ1) is 30.4. The van der Waals surface area contributed by atoms with Gasteiger partial charge in [0.1, 0.15) is 5.58 Å². The third kappa shape index (κ3) is 4.43. The number of benzene rings is 9. The standard InChI is InChI=1S/C56H41NO/c1-55(2)46-24-14-12-20-40(46)42-28-26-35(32-48(42)55)57(36-27-29-43-41-21-13-15-25-47(41)56(3,4)49(43)33-36)50-31-30-37(34-16-6-5-7-17-34)51-52-44-22-10-8-18-38(44)39-19-9-11-23-45(39)53(52)58-54(50)51/h5-33H,1-4H3/i5D,6D,7D,16D,17D. The van der Waals surface area contributed by atoms with E-state index >= 15 is 0 Å². The lowest BCUT2D eigenvalue weighted by atomic mass is 9.82. The van der Waals surface area contributed by atoms with Gasteiger partial charge >= 0.3 is 0 Å². The molecule has 9 aromatic carbocycles. The Bertz CT molecular complexity index is 3520. The molecule has 0 radical (unpaired) electrons. The van der Waals surface area contributed by atoms with Crippen molar-refractivity contribution in [3.05, 3.63) is 198 Å². The maximum atomic E-state index is 9.22. The van der Waals surface area contributed by atoms with Crippen molar-refractivity contribution in [1.29, 1.82) is 0 Å². The summed E-state index contributed by atoms with van der Waals surface area (Å²) in [6, 6.07) is 49.6. The Morgan fingerprint density at radius 2 is 0.914 bits per heavy atom. The molecule has 0 saturated heterocycles. The topological polar surface area (TPSA) is 16.4 Å². The van der Waals surface area contributed by atoms with Crippen molar-refractivity contribution in [2.75, 3.05) is 4.90 Å². The summed E-state index contributed by atoms with van der Waals surface area (Å²) in [5.74, 6) is 0. The summed E-state index contributed by atoms with van der Waals surface area (Å²) in [5, 5.41) is 5.49. The number of hydrogen-bond acceptors (Lipinski definition) is 2. The van der Waals surface area contributed by atoms with E-state index in [2.05, 4.69) is 142 Å². The van der Waals surface area contributed by atoms with Gasteiger partial charge in [0.05, 0.1) is 12.5 Å². The Balaban J connectivity index is 1.22. The molecule has 58 heavy (non-hydrogen) atoms. The average Bonchev–Trinajstić information content (AvgIpc) is 3.90. The van der Waals surface area contributed by atoms with Gasteiger partial charge in [-0.2, -0.15) is 0 Å². The van der Waals surface area contributed by atoms with Crippen LogP contribution in [0.4, 0.5) is 17.1 Å². The van der Waals surface area contributed by atoms with E-state index in [1.165, 1.54) is 44.5 Å². The maximum absolute atomic E-state index is 9.22. The van der Waals surface area contributed by atoms with Gasteiger partial charge in [0.15, 0.2) is 5.58 Å². The highest BCUT2D eigenvalue weighted by atomic mass is 16.3. The third-order valence-electron chi connectivity index (χ3n) is 13.1. The van der Waals surface area contributed by atoms with E-state index < -0.39 is 6.04 Å². The Hall–Kier alpha value is -6.90. The fraction of sp³-hybridized carbons (Fsp3) is 0.107. The number of fused-ring (bicyclic) bond motifs is 14. The van der Waals surface area contributed by atoms with E-state index in [1.807, 2.05) is 36.4 Å². The molecule has 0 spiro atoms. The van der Waals surface area contributed by atoms with Gasteiger partial charge in [0, 0.05) is 38.4 Å². The molecule has 0 saturated carbocycles. The third-order valence-corrected chi connectivity index (χ3v) is 13.1. The Labute approximate surface area is 345 Å². The molecule has 2 aliphatic carbocycles. The molecule has 2 nitrogen and oxygen atoms in total. The number of rotatable bonds is 4. The van der Waals surface area contributed by atoms with E-state index in [-0.39, 0.29) is 40.6 Å². The average molecular weight is 749 g/mol. The fourth-order valence-corrected chi connectivity index (χ4v) is 10.3. The van der Waals surface area contributed by atoms with Gasteiger partial charge in [-0.1, -0.05) is 173 Å². The molecule has 0 atom stereocenters. The van der Waals surface area contributed by atoms with Crippen molar-refractivity contribution < 1.29 is 11.3 Å². The summed E-state index contributed by atoms with van der Waals surface area (Å²) in [6.45, 7) is 9.18. The normalized spacial score (nSPS) is 15.7. The monoisotopic (exact) mass is 748 g/mol. The maximum Gasteiger partial charge on any atom is 0.160 e. The molecule has 1 heterocycles. The van der Waals surface area contributed by atoms with Gasteiger partial charge in [0.25, 0.3) is 0 Å². The van der Waals surface area contributed by atoms with Gasteiger partial charge in [-0.05, 0) is 102 Å². The predicted molar refractivity (Wildman–Crippen MR) is 244 cm³/mol. The van der Waals surface area contributed by atoms with Crippen molar-refractivity contribution >= 4 is 60.5 Å². The van der Waals surface area contributed by atoms with Gasteiger partial charge < -0.3 is 9.32 Å². The smallest absolute Gasteiger partial charge is 0.160 e. The first kappa shape index (κ1) is 28.5. The molecule has 12 rings (SSSR count). The minimum Gasteiger partial charge on any atom is -0.453 e. The largest absolute Gasteiger partial charge is 0.453 e. The zero-order valence-corrected chi connectivity index (χ0v) is 32.7. The molecule has 0 bridgehead atoms. The van der Waals surface area contributed by atoms with Crippen molar-refractivity contribution in [1.82, 2.24) is 0 Å². The van der Waals surface area contributed by atoms with Crippen molar-refractivity contribution in [2.45, 2.75) is 38.5 Å². The predicted octanol–water partition coefficient (Wildman–Crippen LogP) is 15.6. The van der Waals surface area contributed by atoms with E-state index in [9.17, 15) is 2.74 Å². The van der Waals surface area contributed by atoms with Crippen LogP contribution in [0, 0.1) is 0 Å². The van der Waals surface area contributed by atoms with E-state index in [0.29, 0.717) is 22.1 Å². The fourth-order valence-electron chi connectivity index (χ4n) is 10.3. The molecule has 0 fully saturated rings. The molecule has 2 heteroatoms. The van der Waals surface area contributed by atoms with E-state index in [1.54, 1.807) is 0 Å². The van der Waals surface area contributed by atoms with Crippen LogP contribution in [0.3, 0.4) is 0 Å². The van der Waals surface area contributed by atoms with Crippen molar-refractivity contribution in [3.63, 3.8) is 0 Å².